The Morgan fingerprint density at radius 1 is 1.21 bits per heavy atom. The molecule has 1 amide bonds. The number of aryl methyl sites for hydroxylation is 1. The quantitative estimate of drug-likeness (QED) is 0.481. The number of carbonyl (C=O) groups is 1. The molecule has 29 heavy (non-hydrogen) atoms. The van der Waals surface area contributed by atoms with Gasteiger partial charge in [0.2, 0.25) is 5.91 Å². The Hall–Kier alpha value is -2.91. The van der Waals surface area contributed by atoms with Crippen molar-refractivity contribution in [2.75, 3.05) is 5.32 Å². The number of hydrogen-bond donors (Lipinski definition) is 1. The van der Waals surface area contributed by atoms with Gasteiger partial charge in [0, 0.05) is 27.4 Å². The Morgan fingerprint density at radius 3 is 2.76 bits per heavy atom. The van der Waals surface area contributed by atoms with Crippen LogP contribution < -0.4 is 11.0 Å². The molecule has 0 aliphatic heterocycles. The Labute approximate surface area is 178 Å². The van der Waals surface area contributed by atoms with Gasteiger partial charge in [0.15, 0.2) is 5.65 Å². The van der Waals surface area contributed by atoms with Crippen LogP contribution in [-0.4, -0.2) is 25.1 Å². The molecular weight excluding hydrogens is 454 g/mol. The van der Waals surface area contributed by atoms with E-state index in [1.54, 1.807) is 18.5 Å². The summed E-state index contributed by atoms with van der Waals surface area (Å²) in [6.07, 6.45) is 3.10. The van der Waals surface area contributed by atoms with E-state index in [1.165, 1.54) is 16.2 Å². The van der Waals surface area contributed by atoms with E-state index in [4.69, 9.17) is 0 Å². The fourth-order valence-corrected chi connectivity index (χ4v) is 3.87. The van der Waals surface area contributed by atoms with Gasteiger partial charge in [0.05, 0.1) is 0 Å². The van der Waals surface area contributed by atoms with Crippen molar-refractivity contribution in [3.8, 4) is 0 Å². The lowest BCUT2D eigenvalue weighted by Crippen LogP contribution is -2.28. The monoisotopic (exact) mass is 469 g/mol. The van der Waals surface area contributed by atoms with E-state index in [0.717, 1.165) is 19.6 Å². The summed E-state index contributed by atoms with van der Waals surface area (Å²) in [6.45, 7) is 1.75. The predicted molar refractivity (Wildman–Crippen MR) is 115 cm³/mol. The molecular formula is C20H16BrN5O2S. The van der Waals surface area contributed by atoms with E-state index in [0.29, 0.717) is 16.4 Å². The number of fused-ring (bicyclic) bond motifs is 1. The van der Waals surface area contributed by atoms with Crippen molar-refractivity contribution in [2.45, 2.75) is 23.4 Å². The third kappa shape index (κ3) is 4.25. The van der Waals surface area contributed by atoms with Gasteiger partial charge in [-0.05, 0) is 42.8 Å². The predicted octanol–water partition coefficient (Wildman–Crippen LogP) is 3.75. The van der Waals surface area contributed by atoms with Gasteiger partial charge >= 0.3 is 5.69 Å². The standard InChI is InChI=1S/C20H16BrN5O2S/c1-13-11-14(7-8-16(13)21)23-17(27)12-26-20(28)25-10-9-22-19(18(25)24-26)29-15-5-3-2-4-6-15/h2-11H,12H2,1H3,(H,23,27). The highest BCUT2D eigenvalue weighted by Gasteiger charge is 2.15. The largest absolute Gasteiger partial charge is 0.350 e. The highest BCUT2D eigenvalue weighted by atomic mass is 79.9. The molecule has 0 atom stereocenters. The number of nitrogens with zero attached hydrogens (tertiary/aromatic N) is 4. The van der Waals surface area contributed by atoms with E-state index in [9.17, 15) is 9.59 Å². The Balaban J connectivity index is 1.58. The van der Waals surface area contributed by atoms with Crippen molar-refractivity contribution in [2.24, 2.45) is 0 Å². The molecule has 2 aromatic heterocycles. The second-order valence-corrected chi connectivity index (χ2v) is 8.21. The number of carbonyl (C=O) groups excluding carboxylic acids is 1. The van der Waals surface area contributed by atoms with Crippen molar-refractivity contribution in [1.82, 2.24) is 19.2 Å². The summed E-state index contributed by atoms with van der Waals surface area (Å²) < 4.78 is 3.51. The summed E-state index contributed by atoms with van der Waals surface area (Å²) in [5.41, 5.74) is 1.69. The fourth-order valence-electron chi connectivity index (χ4n) is 2.76. The van der Waals surface area contributed by atoms with Crippen LogP contribution in [0.1, 0.15) is 5.56 Å². The first-order valence-corrected chi connectivity index (χ1v) is 10.4. The van der Waals surface area contributed by atoms with Crippen LogP contribution in [0.25, 0.3) is 5.65 Å². The van der Waals surface area contributed by atoms with E-state index in [1.807, 2.05) is 49.4 Å². The van der Waals surface area contributed by atoms with Gasteiger partial charge in [0.25, 0.3) is 0 Å². The zero-order valence-corrected chi connectivity index (χ0v) is 17.8. The van der Waals surface area contributed by atoms with Crippen molar-refractivity contribution in [3.63, 3.8) is 0 Å². The number of aromatic nitrogens is 4. The molecule has 0 aliphatic carbocycles. The Morgan fingerprint density at radius 2 is 2.00 bits per heavy atom. The first-order valence-electron chi connectivity index (χ1n) is 8.74. The number of rotatable bonds is 5. The van der Waals surface area contributed by atoms with Crippen LogP contribution in [0, 0.1) is 6.92 Å². The minimum atomic E-state index is -0.389. The molecule has 0 radical (unpaired) electrons. The average Bonchev–Trinajstić information content (AvgIpc) is 3.02. The van der Waals surface area contributed by atoms with Crippen LogP contribution in [0.5, 0.6) is 0 Å². The van der Waals surface area contributed by atoms with Gasteiger partial charge in [-0.25, -0.2) is 18.9 Å². The molecule has 0 saturated heterocycles. The molecule has 146 valence electrons. The van der Waals surface area contributed by atoms with Gasteiger partial charge in [-0.3, -0.25) is 4.79 Å². The lowest BCUT2D eigenvalue weighted by Gasteiger charge is -2.06. The van der Waals surface area contributed by atoms with Crippen LogP contribution in [0.3, 0.4) is 0 Å². The first-order chi connectivity index (χ1) is 14.0. The lowest BCUT2D eigenvalue weighted by atomic mass is 10.2. The minimum Gasteiger partial charge on any atom is -0.324 e. The lowest BCUT2D eigenvalue weighted by molar-refractivity contribution is -0.117. The summed E-state index contributed by atoms with van der Waals surface area (Å²) in [5, 5.41) is 7.73. The zero-order chi connectivity index (χ0) is 20.4. The van der Waals surface area contributed by atoms with Crippen LogP contribution >= 0.6 is 27.7 Å². The highest BCUT2D eigenvalue weighted by molar-refractivity contribution is 9.10. The van der Waals surface area contributed by atoms with Crippen molar-refractivity contribution < 1.29 is 4.79 Å². The van der Waals surface area contributed by atoms with E-state index in [-0.39, 0.29) is 18.1 Å². The number of nitrogens with one attached hydrogen (secondary N) is 1. The molecule has 0 unspecified atom stereocenters. The summed E-state index contributed by atoms with van der Waals surface area (Å²) in [6, 6.07) is 15.2. The van der Waals surface area contributed by atoms with Crippen LogP contribution in [0.4, 0.5) is 5.69 Å². The molecule has 9 heteroatoms. The van der Waals surface area contributed by atoms with Crippen LogP contribution in [0.2, 0.25) is 0 Å². The summed E-state index contributed by atoms with van der Waals surface area (Å²) in [7, 11) is 0. The van der Waals surface area contributed by atoms with Crippen molar-refractivity contribution in [3.05, 3.63) is 81.4 Å². The van der Waals surface area contributed by atoms with E-state index < -0.39 is 0 Å². The van der Waals surface area contributed by atoms with Crippen LogP contribution in [-0.2, 0) is 11.3 Å². The maximum atomic E-state index is 12.7. The normalized spacial score (nSPS) is 11.0. The molecule has 0 bridgehead atoms. The smallest absolute Gasteiger partial charge is 0.324 e. The third-order valence-corrected chi connectivity index (χ3v) is 6.04. The molecule has 2 aromatic carbocycles. The van der Waals surface area contributed by atoms with Crippen LogP contribution in [0.15, 0.2) is 80.1 Å². The topological polar surface area (TPSA) is 81.3 Å². The fraction of sp³-hybridized carbons (Fsp3) is 0.100. The SMILES string of the molecule is Cc1cc(NC(=O)Cn2nc3c(Sc4ccccc4)nccn3c2=O)ccc1Br. The Kier molecular flexibility index (Phi) is 5.50. The van der Waals surface area contributed by atoms with E-state index in [2.05, 4.69) is 31.3 Å². The third-order valence-electron chi connectivity index (χ3n) is 4.16. The maximum absolute atomic E-state index is 12.7. The van der Waals surface area contributed by atoms with Gasteiger partial charge in [0.1, 0.15) is 11.6 Å². The summed E-state index contributed by atoms with van der Waals surface area (Å²) in [4.78, 5) is 30.4. The summed E-state index contributed by atoms with van der Waals surface area (Å²) >= 11 is 4.84. The van der Waals surface area contributed by atoms with Gasteiger partial charge in [-0.2, -0.15) is 0 Å². The number of halogens is 1. The number of hydrogen-bond acceptors (Lipinski definition) is 5. The molecule has 0 fully saturated rings. The van der Waals surface area contributed by atoms with Gasteiger partial charge in [-0.15, -0.1) is 5.10 Å². The minimum absolute atomic E-state index is 0.189. The zero-order valence-electron chi connectivity index (χ0n) is 15.4. The van der Waals surface area contributed by atoms with Crippen molar-refractivity contribution >= 4 is 44.9 Å². The van der Waals surface area contributed by atoms with E-state index >= 15 is 0 Å². The average molecular weight is 470 g/mol. The molecule has 4 rings (SSSR count). The Bertz CT molecular complexity index is 1250. The number of anilines is 1. The molecule has 0 spiro atoms. The second-order valence-electron chi connectivity index (χ2n) is 6.29. The van der Waals surface area contributed by atoms with Gasteiger partial charge < -0.3 is 5.32 Å². The van der Waals surface area contributed by atoms with Crippen molar-refractivity contribution in [1.29, 1.82) is 0 Å². The number of benzene rings is 2. The first kappa shape index (κ1) is 19.4. The summed E-state index contributed by atoms with van der Waals surface area (Å²) in [5.74, 6) is -0.331. The molecule has 0 saturated carbocycles. The maximum Gasteiger partial charge on any atom is 0.350 e. The number of amides is 1. The molecule has 2 heterocycles. The second kappa shape index (κ2) is 8.22. The molecule has 7 nitrogen and oxygen atoms in total. The molecule has 0 aliphatic rings. The highest BCUT2D eigenvalue weighted by Crippen LogP contribution is 2.27. The molecule has 4 aromatic rings. The molecule has 1 N–H and O–H groups in total. The van der Waals surface area contributed by atoms with Gasteiger partial charge in [-0.1, -0.05) is 45.9 Å².